The molecule has 0 atom stereocenters. The van der Waals surface area contributed by atoms with Gasteiger partial charge < -0.3 is 5.32 Å². The highest BCUT2D eigenvalue weighted by Gasteiger charge is 2.11. The molecule has 0 aliphatic carbocycles. The Morgan fingerprint density at radius 1 is 1.39 bits per heavy atom. The summed E-state index contributed by atoms with van der Waals surface area (Å²) in [7, 11) is 0. The predicted octanol–water partition coefficient (Wildman–Crippen LogP) is 2.66. The predicted molar refractivity (Wildman–Crippen MR) is 64.4 cm³/mol. The van der Waals surface area contributed by atoms with Gasteiger partial charge in [0, 0.05) is 6.54 Å². The van der Waals surface area contributed by atoms with Crippen LogP contribution >= 0.6 is 11.3 Å². The van der Waals surface area contributed by atoms with Crippen molar-refractivity contribution in [2.75, 3.05) is 0 Å². The Kier molecular flexibility index (Phi) is 3.66. The standard InChI is InChI=1S/C12H10F2N2OS/c1-7-11(18-6-16-7)12(17)15-5-8-2-3-9(13)10(14)4-8/h2-4,6H,5H2,1H3,(H,15,17). The van der Waals surface area contributed by atoms with E-state index in [0.29, 0.717) is 16.1 Å². The molecule has 0 unspecified atom stereocenters. The Morgan fingerprint density at radius 3 is 2.78 bits per heavy atom. The molecule has 1 amide bonds. The topological polar surface area (TPSA) is 42.0 Å². The second-order valence-electron chi connectivity index (χ2n) is 3.70. The molecule has 1 heterocycles. The van der Waals surface area contributed by atoms with Crippen molar-refractivity contribution in [3.63, 3.8) is 0 Å². The van der Waals surface area contributed by atoms with Crippen molar-refractivity contribution in [1.29, 1.82) is 0 Å². The molecule has 2 rings (SSSR count). The Bertz CT molecular complexity index is 583. The van der Waals surface area contributed by atoms with E-state index in [2.05, 4.69) is 10.3 Å². The van der Waals surface area contributed by atoms with Crippen LogP contribution in [0.1, 0.15) is 20.9 Å². The number of benzene rings is 1. The molecule has 6 heteroatoms. The molecular formula is C12H10F2N2OS. The summed E-state index contributed by atoms with van der Waals surface area (Å²) in [5.74, 6) is -2.08. The molecule has 2 aromatic rings. The normalized spacial score (nSPS) is 10.4. The molecular weight excluding hydrogens is 258 g/mol. The second-order valence-corrected chi connectivity index (χ2v) is 4.55. The maximum absolute atomic E-state index is 12.9. The minimum absolute atomic E-state index is 0.146. The third-order valence-corrected chi connectivity index (χ3v) is 3.32. The monoisotopic (exact) mass is 268 g/mol. The van der Waals surface area contributed by atoms with E-state index in [1.807, 2.05) is 0 Å². The first kappa shape index (κ1) is 12.6. The summed E-state index contributed by atoms with van der Waals surface area (Å²) >= 11 is 1.24. The van der Waals surface area contributed by atoms with Crippen molar-refractivity contribution >= 4 is 17.2 Å². The number of halogens is 2. The zero-order valence-corrected chi connectivity index (χ0v) is 10.4. The lowest BCUT2D eigenvalue weighted by molar-refractivity contribution is 0.0954. The number of thiazole rings is 1. The minimum Gasteiger partial charge on any atom is -0.347 e. The Hall–Kier alpha value is -1.82. The highest BCUT2D eigenvalue weighted by molar-refractivity contribution is 7.11. The summed E-state index contributed by atoms with van der Waals surface area (Å²) in [6.45, 7) is 1.89. The van der Waals surface area contributed by atoms with Gasteiger partial charge in [-0.3, -0.25) is 4.79 Å². The zero-order valence-electron chi connectivity index (χ0n) is 9.54. The summed E-state index contributed by atoms with van der Waals surface area (Å²) in [6, 6.07) is 3.53. The van der Waals surface area contributed by atoms with Crippen LogP contribution in [0.4, 0.5) is 8.78 Å². The first-order valence-corrected chi connectivity index (χ1v) is 6.08. The van der Waals surface area contributed by atoms with Crippen LogP contribution in [0.2, 0.25) is 0 Å². The first-order chi connectivity index (χ1) is 8.58. The summed E-state index contributed by atoms with van der Waals surface area (Å²) in [5, 5.41) is 2.63. The van der Waals surface area contributed by atoms with E-state index >= 15 is 0 Å². The van der Waals surface area contributed by atoms with E-state index in [9.17, 15) is 13.6 Å². The molecule has 1 N–H and O–H groups in total. The van der Waals surface area contributed by atoms with Crippen molar-refractivity contribution in [3.05, 3.63) is 51.5 Å². The van der Waals surface area contributed by atoms with Crippen LogP contribution in [-0.4, -0.2) is 10.9 Å². The van der Waals surface area contributed by atoms with Gasteiger partial charge in [-0.15, -0.1) is 11.3 Å². The van der Waals surface area contributed by atoms with Gasteiger partial charge in [-0.2, -0.15) is 0 Å². The quantitative estimate of drug-likeness (QED) is 0.929. The zero-order chi connectivity index (χ0) is 13.1. The van der Waals surface area contributed by atoms with Gasteiger partial charge in [0.25, 0.3) is 5.91 Å². The van der Waals surface area contributed by atoms with Gasteiger partial charge in [-0.25, -0.2) is 13.8 Å². The molecule has 3 nitrogen and oxygen atoms in total. The van der Waals surface area contributed by atoms with Gasteiger partial charge in [0.15, 0.2) is 11.6 Å². The smallest absolute Gasteiger partial charge is 0.263 e. The SMILES string of the molecule is Cc1ncsc1C(=O)NCc1ccc(F)c(F)c1. The molecule has 0 saturated heterocycles. The number of hydrogen-bond donors (Lipinski definition) is 1. The highest BCUT2D eigenvalue weighted by atomic mass is 32.1. The van der Waals surface area contributed by atoms with Gasteiger partial charge in [-0.05, 0) is 24.6 Å². The third kappa shape index (κ3) is 2.70. The van der Waals surface area contributed by atoms with Crippen molar-refractivity contribution in [1.82, 2.24) is 10.3 Å². The molecule has 1 aromatic heterocycles. The second kappa shape index (κ2) is 5.22. The summed E-state index contributed by atoms with van der Waals surface area (Å²) in [6.07, 6.45) is 0. The van der Waals surface area contributed by atoms with Gasteiger partial charge in [0.2, 0.25) is 0 Å². The average Bonchev–Trinajstić information content (AvgIpc) is 2.77. The number of aromatic nitrogens is 1. The molecule has 0 aliphatic heterocycles. The number of nitrogens with zero attached hydrogens (tertiary/aromatic N) is 1. The van der Waals surface area contributed by atoms with Crippen molar-refractivity contribution in [2.45, 2.75) is 13.5 Å². The summed E-state index contributed by atoms with van der Waals surface area (Å²) < 4.78 is 25.7. The van der Waals surface area contributed by atoms with Crippen LogP contribution in [-0.2, 0) is 6.54 Å². The lowest BCUT2D eigenvalue weighted by Gasteiger charge is -2.04. The molecule has 18 heavy (non-hydrogen) atoms. The molecule has 0 fully saturated rings. The van der Waals surface area contributed by atoms with E-state index in [0.717, 1.165) is 12.1 Å². The van der Waals surface area contributed by atoms with Crippen LogP contribution in [0.3, 0.4) is 0 Å². The molecule has 94 valence electrons. The third-order valence-electron chi connectivity index (χ3n) is 2.39. The van der Waals surface area contributed by atoms with Crippen molar-refractivity contribution in [2.24, 2.45) is 0 Å². The highest BCUT2D eigenvalue weighted by Crippen LogP contribution is 2.12. The molecule has 0 aliphatic rings. The van der Waals surface area contributed by atoms with Crippen LogP contribution < -0.4 is 5.32 Å². The summed E-state index contributed by atoms with van der Waals surface area (Å²) in [4.78, 5) is 16.2. The maximum atomic E-state index is 12.9. The fourth-order valence-corrected chi connectivity index (χ4v) is 2.15. The van der Waals surface area contributed by atoms with Gasteiger partial charge in [-0.1, -0.05) is 6.07 Å². The van der Waals surface area contributed by atoms with Gasteiger partial charge >= 0.3 is 0 Å². The van der Waals surface area contributed by atoms with Crippen LogP contribution in [0, 0.1) is 18.6 Å². The minimum atomic E-state index is -0.921. The largest absolute Gasteiger partial charge is 0.347 e. The number of amides is 1. The Morgan fingerprint density at radius 2 is 2.17 bits per heavy atom. The molecule has 0 saturated carbocycles. The molecule has 0 bridgehead atoms. The Labute approximate surface area is 106 Å². The van der Waals surface area contributed by atoms with E-state index < -0.39 is 11.6 Å². The lowest BCUT2D eigenvalue weighted by atomic mass is 10.2. The maximum Gasteiger partial charge on any atom is 0.263 e. The fraction of sp³-hybridized carbons (Fsp3) is 0.167. The van der Waals surface area contributed by atoms with Crippen LogP contribution in [0.15, 0.2) is 23.7 Å². The number of carbonyl (C=O) groups excluding carboxylic acids is 1. The number of nitrogens with one attached hydrogen (secondary N) is 1. The van der Waals surface area contributed by atoms with Gasteiger partial charge in [0.05, 0.1) is 11.2 Å². The van der Waals surface area contributed by atoms with Crippen LogP contribution in [0.25, 0.3) is 0 Å². The molecule has 0 radical (unpaired) electrons. The van der Waals surface area contributed by atoms with Gasteiger partial charge in [0.1, 0.15) is 4.88 Å². The molecule has 1 aromatic carbocycles. The van der Waals surface area contributed by atoms with E-state index in [-0.39, 0.29) is 12.5 Å². The van der Waals surface area contributed by atoms with E-state index in [1.165, 1.54) is 17.4 Å². The number of hydrogen-bond acceptors (Lipinski definition) is 3. The van der Waals surface area contributed by atoms with Crippen molar-refractivity contribution in [3.8, 4) is 0 Å². The van der Waals surface area contributed by atoms with E-state index in [1.54, 1.807) is 12.4 Å². The number of rotatable bonds is 3. The lowest BCUT2D eigenvalue weighted by Crippen LogP contribution is -2.22. The summed E-state index contributed by atoms with van der Waals surface area (Å²) in [5.41, 5.74) is 2.74. The average molecular weight is 268 g/mol. The van der Waals surface area contributed by atoms with E-state index in [4.69, 9.17) is 0 Å². The Balaban J connectivity index is 2.02. The molecule has 0 spiro atoms. The van der Waals surface area contributed by atoms with Crippen molar-refractivity contribution < 1.29 is 13.6 Å². The first-order valence-electron chi connectivity index (χ1n) is 5.20. The van der Waals surface area contributed by atoms with Crippen LogP contribution in [0.5, 0.6) is 0 Å². The number of aryl methyl sites for hydroxylation is 1. The fourth-order valence-electron chi connectivity index (χ4n) is 1.43. The number of carbonyl (C=O) groups is 1.